The predicted molar refractivity (Wildman–Crippen MR) is 71.2 cm³/mol. The van der Waals surface area contributed by atoms with Crippen molar-refractivity contribution in [1.29, 1.82) is 0 Å². The van der Waals surface area contributed by atoms with E-state index in [0.717, 1.165) is 5.92 Å². The van der Waals surface area contributed by atoms with Crippen molar-refractivity contribution < 1.29 is 1.43 Å². The third kappa shape index (κ3) is 7.80. The SMILES string of the molecule is CC.CC1CCC1.CN1CCC(N)CC1.[HH]. The fourth-order valence-corrected chi connectivity index (χ4v) is 1.64. The van der Waals surface area contributed by atoms with Gasteiger partial charge in [-0.25, -0.2) is 0 Å². The third-order valence-corrected chi connectivity index (χ3v) is 3.16. The van der Waals surface area contributed by atoms with Crippen molar-refractivity contribution in [3.63, 3.8) is 0 Å². The second-order valence-electron chi connectivity index (χ2n) is 4.68. The largest absolute Gasteiger partial charge is 0.328 e. The molecule has 15 heavy (non-hydrogen) atoms. The number of hydrogen-bond donors (Lipinski definition) is 1. The molecule has 2 heteroatoms. The highest BCUT2D eigenvalue weighted by Gasteiger charge is 2.11. The summed E-state index contributed by atoms with van der Waals surface area (Å²) >= 11 is 0. The molecule has 0 aromatic rings. The van der Waals surface area contributed by atoms with E-state index in [1.807, 2.05) is 13.8 Å². The Morgan fingerprint density at radius 1 is 1.07 bits per heavy atom. The number of piperidine rings is 1. The number of rotatable bonds is 0. The average molecular weight is 216 g/mol. The lowest BCUT2D eigenvalue weighted by Crippen LogP contribution is -2.37. The lowest BCUT2D eigenvalue weighted by atomic mass is 9.88. The van der Waals surface area contributed by atoms with Crippen LogP contribution in [0.25, 0.3) is 0 Å². The van der Waals surface area contributed by atoms with Gasteiger partial charge in [-0.05, 0) is 38.9 Å². The Morgan fingerprint density at radius 2 is 1.47 bits per heavy atom. The Balaban J connectivity index is 0. The number of likely N-dealkylation sites (tertiary alicyclic amines) is 1. The zero-order chi connectivity index (χ0) is 11.7. The molecule has 0 amide bonds. The molecule has 0 spiro atoms. The Morgan fingerprint density at radius 3 is 1.67 bits per heavy atom. The van der Waals surface area contributed by atoms with Gasteiger partial charge < -0.3 is 10.6 Å². The molecule has 1 aliphatic carbocycles. The number of nitrogens with zero attached hydrogens (tertiary/aromatic N) is 1. The molecule has 94 valence electrons. The van der Waals surface area contributed by atoms with Gasteiger partial charge in [-0.1, -0.05) is 40.0 Å². The standard InChI is InChI=1S/C6H14N2.C5H10.C2H6.H2/c1-8-4-2-6(7)3-5-8;1-5-3-2-4-5;1-2;/h6H,2-5,7H2,1H3;5H,2-4H2,1H3;1-2H3;1H. The van der Waals surface area contributed by atoms with Crippen molar-refractivity contribution in [2.24, 2.45) is 11.7 Å². The minimum absolute atomic E-state index is 0. The van der Waals surface area contributed by atoms with Crippen LogP contribution in [0.5, 0.6) is 0 Å². The van der Waals surface area contributed by atoms with Crippen molar-refractivity contribution in [3.8, 4) is 0 Å². The van der Waals surface area contributed by atoms with Crippen LogP contribution < -0.4 is 5.73 Å². The van der Waals surface area contributed by atoms with Crippen molar-refractivity contribution >= 4 is 0 Å². The highest BCUT2D eigenvalue weighted by molar-refractivity contribution is 4.70. The lowest BCUT2D eigenvalue weighted by molar-refractivity contribution is 0.256. The molecule has 1 aliphatic heterocycles. The normalized spacial score (nSPS) is 23.0. The quantitative estimate of drug-likeness (QED) is 0.674. The molecule has 2 rings (SSSR count). The van der Waals surface area contributed by atoms with Crippen molar-refractivity contribution in [2.75, 3.05) is 20.1 Å². The van der Waals surface area contributed by atoms with E-state index in [1.54, 1.807) is 0 Å². The van der Waals surface area contributed by atoms with Crippen LogP contribution in [0, 0.1) is 5.92 Å². The summed E-state index contributed by atoms with van der Waals surface area (Å²) in [4.78, 5) is 2.32. The summed E-state index contributed by atoms with van der Waals surface area (Å²) in [5.74, 6) is 1.06. The summed E-state index contributed by atoms with van der Waals surface area (Å²) < 4.78 is 0. The van der Waals surface area contributed by atoms with E-state index < -0.39 is 0 Å². The smallest absolute Gasteiger partial charge is 0.00631 e. The summed E-state index contributed by atoms with van der Waals surface area (Å²) in [5.41, 5.74) is 5.67. The maximum absolute atomic E-state index is 5.67. The van der Waals surface area contributed by atoms with Crippen LogP contribution in [-0.4, -0.2) is 31.1 Å². The van der Waals surface area contributed by atoms with Crippen LogP contribution in [0.2, 0.25) is 0 Å². The molecule has 0 bridgehead atoms. The van der Waals surface area contributed by atoms with Gasteiger partial charge in [-0.2, -0.15) is 0 Å². The lowest BCUT2D eigenvalue weighted by Gasteiger charge is -2.25. The monoisotopic (exact) mass is 216 g/mol. The molecule has 0 unspecified atom stereocenters. The molecule has 0 aromatic heterocycles. The number of nitrogens with two attached hydrogens (primary N) is 1. The molecular weight excluding hydrogens is 184 g/mol. The molecule has 2 aliphatic rings. The molecule has 1 heterocycles. The highest BCUT2D eigenvalue weighted by atomic mass is 15.1. The fraction of sp³-hybridized carbons (Fsp3) is 1.00. The molecule has 2 N–H and O–H groups in total. The summed E-state index contributed by atoms with van der Waals surface area (Å²) in [6.07, 6.45) is 6.81. The first-order chi connectivity index (χ1) is 7.18. The van der Waals surface area contributed by atoms with Crippen LogP contribution in [0.3, 0.4) is 0 Å². The predicted octanol–water partition coefficient (Wildman–Crippen LogP) is 3.12. The Hall–Kier alpha value is -0.0800. The van der Waals surface area contributed by atoms with Crippen LogP contribution >= 0.6 is 0 Å². The third-order valence-electron chi connectivity index (χ3n) is 3.16. The van der Waals surface area contributed by atoms with Gasteiger partial charge in [0.1, 0.15) is 0 Å². The summed E-state index contributed by atoms with van der Waals surface area (Å²) in [6, 6.07) is 0.478. The van der Waals surface area contributed by atoms with Gasteiger partial charge in [0.05, 0.1) is 0 Å². The van der Waals surface area contributed by atoms with E-state index >= 15 is 0 Å². The van der Waals surface area contributed by atoms with E-state index in [4.69, 9.17) is 5.73 Å². The van der Waals surface area contributed by atoms with Gasteiger partial charge in [-0.15, -0.1) is 0 Å². The fourth-order valence-electron chi connectivity index (χ4n) is 1.64. The maximum Gasteiger partial charge on any atom is 0.00631 e. The summed E-state index contributed by atoms with van der Waals surface area (Å²) in [6.45, 7) is 8.67. The molecular formula is C13H32N2. The first-order valence-corrected chi connectivity index (χ1v) is 6.62. The zero-order valence-electron chi connectivity index (χ0n) is 11.1. The molecule has 0 aromatic carbocycles. The van der Waals surface area contributed by atoms with E-state index in [9.17, 15) is 0 Å². The van der Waals surface area contributed by atoms with Gasteiger partial charge in [-0.3, -0.25) is 0 Å². The van der Waals surface area contributed by atoms with Crippen molar-refractivity contribution in [3.05, 3.63) is 0 Å². The Labute approximate surface area is 97.7 Å². The minimum Gasteiger partial charge on any atom is -0.328 e. The zero-order valence-corrected chi connectivity index (χ0v) is 11.1. The van der Waals surface area contributed by atoms with Crippen LogP contribution in [0.15, 0.2) is 0 Å². The molecule has 1 saturated carbocycles. The van der Waals surface area contributed by atoms with E-state index in [1.165, 1.54) is 45.2 Å². The van der Waals surface area contributed by atoms with Gasteiger partial charge in [0.2, 0.25) is 0 Å². The second kappa shape index (κ2) is 9.17. The second-order valence-corrected chi connectivity index (χ2v) is 4.68. The minimum atomic E-state index is 0. The Bertz CT molecular complexity index is 120. The van der Waals surface area contributed by atoms with Gasteiger partial charge in [0, 0.05) is 7.47 Å². The van der Waals surface area contributed by atoms with Crippen LogP contribution in [0.1, 0.15) is 54.3 Å². The Kier molecular flexibility index (Phi) is 9.12. The van der Waals surface area contributed by atoms with Crippen molar-refractivity contribution in [1.82, 2.24) is 4.90 Å². The average Bonchev–Trinajstić information content (AvgIpc) is 2.23. The van der Waals surface area contributed by atoms with Crippen molar-refractivity contribution in [2.45, 2.75) is 58.9 Å². The van der Waals surface area contributed by atoms with E-state index in [0.29, 0.717) is 6.04 Å². The van der Waals surface area contributed by atoms with E-state index in [-0.39, 0.29) is 1.43 Å². The maximum atomic E-state index is 5.67. The van der Waals surface area contributed by atoms with Gasteiger partial charge in [0.15, 0.2) is 0 Å². The van der Waals surface area contributed by atoms with Crippen LogP contribution in [-0.2, 0) is 0 Å². The summed E-state index contributed by atoms with van der Waals surface area (Å²) in [7, 11) is 2.14. The summed E-state index contributed by atoms with van der Waals surface area (Å²) in [5, 5.41) is 0. The molecule has 0 radical (unpaired) electrons. The van der Waals surface area contributed by atoms with Crippen LogP contribution in [0.4, 0.5) is 0 Å². The number of hydrogen-bond acceptors (Lipinski definition) is 2. The molecule has 0 atom stereocenters. The first kappa shape index (κ1) is 14.9. The molecule has 2 nitrogen and oxygen atoms in total. The first-order valence-electron chi connectivity index (χ1n) is 6.62. The van der Waals surface area contributed by atoms with Gasteiger partial charge in [0.25, 0.3) is 0 Å². The molecule has 1 saturated heterocycles. The topological polar surface area (TPSA) is 29.3 Å². The van der Waals surface area contributed by atoms with Gasteiger partial charge >= 0.3 is 0 Å². The van der Waals surface area contributed by atoms with E-state index in [2.05, 4.69) is 18.9 Å². The highest BCUT2D eigenvalue weighted by Crippen LogP contribution is 2.24. The molecule has 2 fully saturated rings.